The van der Waals surface area contributed by atoms with Crippen LogP contribution in [0.25, 0.3) is 0 Å². The average molecular weight is 245 g/mol. The van der Waals surface area contributed by atoms with Crippen molar-refractivity contribution in [2.75, 3.05) is 7.11 Å². The van der Waals surface area contributed by atoms with Gasteiger partial charge in [-0.05, 0) is 42.4 Å². The van der Waals surface area contributed by atoms with Crippen molar-refractivity contribution in [1.29, 1.82) is 5.26 Å². The topological polar surface area (TPSA) is 42.2 Å². The number of hydrogen-bond acceptors (Lipinski definition) is 3. The van der Waals surface area contributed by atoms with Crippen LogP contribution in [0.3, 0.4) is 0 Å². The Morgan fingerprint density at radius 2 is 2.00 bits per heavy atom. The Kier molecular flexibility index (Phi) is 3.76. The monoisotopic (exact) mass is 245 g/mol. The van der Waals surface area contributed by atoms with E-state index < -0.39 is 0 Å². The van der Waals surface area contributed by atoms with Crippen LogP contribution in [-0.2, 0) is 5.41 Å². The fourth-order valence-electron chi connectivity index (χ4n) is 3.03. The summed E-state index contributed by atoms with van der Waals surface area (Å²) in [5.41, 5.74) is 1.54. The van der Waals surface area contributed by atoms with Crippen molar-refractivity contribution < 1.29 is 9.47 Å². The second-order valence-corrected chi connectivity index (χ2v) is 4.90. The van der Waals surface area contributed by atoms with Crippen molar-refractivity contribution in [2.45, 2.75) is 44.4 Å². The number of rotatable bonds is 4. The summed E-state index contributed by atoms with van der Waals surface area (Å²) in [6, 6.07) is 5.98. The molecule has 0 heterocycles. The van der Waals surface area contributed by atoms with E-state index >= 15 is 0 Å². The molecule has 0 spiro atoms. The lowest BCUT2D eigenvalue weighted by atomic mass is 9.76. The third kappa shape index (κ3) is 2.15. The summed E-state index contributed by atoms with van der Waals surface area (Å²) in [7, 11) is 1.59. The molecule has 0 radical (unpaired) electrons. The first-order chi connectivity index (χ1) is 8.75. The number of nitrogens with zero attached hydrogens (tertiary/aromatic N) is 1. The second-order valence-electron chi connectivity index (χ2n) is 4.90. The van der Waals surface area contributed by atoms with E-state index in [9.17, 15) is 0 Å². The zero-order valence-corrected chi connectivity index (χ0v) is 11.0. The molecule has 0 saturated heterocycles. The minimum Gasteiger partial charge on any atom is -0.493 e. The quantitative estimate of drug-likeness (QED) is 0.758. The molecule has 2 rings (SSSR count). The fraction of sp³-hybridized carbons (Fsp3) is 0.533. The van der Waals surface area contributed by atoms with Gasteiger partial charge in [-0.2, -0.15) is 0 Å². The zero-order chi connectivity index (χ0) is 13.0. The lowest BCUT2D eigenvalue weighted by Gasteiger charge is -2.28. The Hall–Kier alpha value is -1.69. The van der Waals surface area contributed by atoms with Gasteiger partial charge in [-0.15, -0.1) is 5.26 Å². The Balaban J connectivity index is 2.39. The van der Waals surface area contributed by atoms with Crippen LogP contribution >= 0.6 is 0 Å². The van der Waals surface area contributed by atoms with Crippen molar-refractivity contribution in [3.05, 3.63) is 23.8 Å². The molecule has 0 amide bonds. The van der Waals surface area contributed by atoms with E-state index in [0.717, 1.165) is 6.42 Å². The van der Waals surface area contributed by atoms with E-state index in [1.807, 2.05) is 12.1 Å². The highest BCUT2D eigenvalue weighted by atomic mass is 16.5. The third-order valence-corrected chi connectivity index (χ3v) is 4.17. The maximum absolute atomic E-state index is 8.69. The molecular weight excluding hydrogens is 226 g/mol. The molecule has 0 bridgehead atoms. The predicted molar refractivity (Wildman–Crippen MR) is 69.7 cm³/mol. The van der Waals surface area contributed by atoms with Crippen molar-refractivity contribution in [2.24, 2.45) is 0 Å². The molecule has 1 fully saturated rings. The molecule has 0 aromatic heterocycles. The van der Waals surface area contributed by atoms with E-state index in [1.54, 1.807) is 13.4 Å². The van der Waals surface area contributed by atoms with Gasteiger partial charge in [-0.1, -0.05) is 25.8 Å². The SMILES string of the molecule is CCC1(c2ccc(OC)c(OC#N)c2)CCCC1. The molecule has 96 valence electrons. The normalized spacial score (nSPS) is 17.2. The molecule has 1 aromatic carbocycles. The highest BCUT2D eigenvalue weighted by Gasteiger charge is 2.34. The van der Waals surface area contributed by atoms with Gasteiger partial charge in [0.15, 0.2) is 11.5 Å². The van der Waals surface area contributed by atoms with Crippen LogP contribution in [0.4, 0.5) is 0 Å². The van der Waals surface area contributed by atoms with Crippen LogP contribution in [-0.4, -0.2) is 7.11 Å². The first-order valence-electron chi connectivity index (χ1n) is 6.50. The lowest BCUT2D eigenvalue weighted by Crippen LogP contribution is -2.20. The maximum atomic E-state index is 8.69. The van der Waals surface area contributed by atoms with Gasteiger partial charge in [0.05, 0.1) is 7.11 Å². The summed E-state index contributed by atoms with van der Waals surface area (Å²) in [4.78, 5) is 0. The summed E-state index contributed by atoms with van der Waals surface area (Å²) >= 11 is 0. The van der Waals surface area contributed by atoms with Gasteiger partial charge < -0.3 is 9.47 Å². The maximum Gasteiger partial charge on any atom is 0.292 e. The van der Waals surface area contributed by atoms with E-state index in [-0.39, 0.29) is 5.41 Å². The van der Waals surface area contributed by atoms with Crippen LogP contribution in [0, 0.1) is 11.5 Å². The molecule has 1 aliphatic rings. The molecule has 0 N–H and O–H groups in total. The van der Waals surface area contributed by atoms with Crippen LogP contribution in [0.2, 0.25) is 0 Å². The standard InChI is InChI=1S/C15H19NO2/c1-3-15(8-4-5-9-15)12-6-7-13(17-2)14(10-12)18-11-16/h6-7,10H,3-5,8-9H2,1-2H3. The molecule has 1 aliphatic carbocycles. The Morgan fingerprint density at radius 1 is 1.28 bits per heavy atom. The number of benzene rings is 1. The summed E-state index contributed by atoms with van der Waals surface area (Å²) in [5.74, 6) is 1.14. The first kappa shape index (κ1) is 12.8. The number of methoxy groups -OCH3 is 1. The Morgan fingerprint density at radius 3 is 2.56 bits per heavy atom. The van der Waals surface area contributed by atoms with Gasteiger partial charge in [-0.25, -0.2) is 0 Å². The highest BCUT2D eigenvalue weighted by Crippen LogP contribution is 2.45. The third-order valence-electron chi connectivity index (χ3n) is 4.17. The van der Waals surface area contributed by atoms with Gasteiger partial charge in [0.2, 0.25) is 0 Å². The summed E-state index contributed by atoms with van der Waals surface area (Å²) in [6.07, 6.45) is 7.88. The molecule has 0 aliphatic heterocycles. The lowest BCUT2D eigenvalue weighted by molar-refractivity contribution is 0.379. The van der Waals surface area contributed by atoms with E-state index in [2.05, 4.69) is 13.0 Å². The molecule has 0 unspecified atom stereocenters. The molecule has 3 heteroatoms. The van der Waals surface area contributed by atoms with Gasteiger partial charge in [-0.3, -0.25) is 0 Å². The van der Waals surface area contributed by atoms with Gasteiger partial charge in [0.25, 0.3) is 6.26 Å². The van der Waals surface area contributed by atoms with Crippen LogP contribution in [0.1, 0.15) is 44.6 Å². The van der Waals surface area contributed by atoms with Crippen molar-refractivity contribution in [3.63, 3.8) is 0 Å². The smallest absolute Gasteiger partial charge is 0.292 e. The minimum absolute atomic E-state index is 0.264. The van der Waals surface area contributed by atoms with E-state index in [4.69, 9.17) is 14.7 Å². The molecule has 0 atom stereocenters. The largest absolute Gasteiger partial charge is 0.493 e. The summed E-state index contributed by atoms with van der Waals surface area (Å²) < 4.78 is 10.2. The minimum atomic E-state index is 0.264. The number of hydrogen-bond donors (Lipinski definition) is 0. The van der Waals surface area contributed by atoms with Gasteiger partial charge >= 0.3 is 0 Å². The average Bonchev–Trinajstić information content (AvgIpc) is 2.89. The number of nitriles is 1. The Bertz CT molecular complexity index is 456. The van der Waals surface area contributed by atoms with Crippen LogP contribution in [0.5, 0.6) is 11.5 Å². The van der Waals surface area contributed by atoms with E-state index in [1.165, 1.54) is 31.2 Å². The zero-order valence-electron chi connectivity index (χ0n) is 11.0. The molecule has 18 heavy (non-hydrogen) atoms. The molecular formula is C15H19NO2. The van der Waals surface area contributed by atoms with Crippen LogP contribution in [0.15, 0.2) is 18.2 Å². The van der Waals surface area contributed by atoms with Crippen molar-refractivity contribution in [1.82, 2.24) is 0 Å². The van der Waals surface area contributed by atoms with Crippen LogP contribution < -0.4 is 9.47 Å². The second kappa shape index (κ2) is 5.30. The summed E-state index contributed by atoms with van der Waals surface area (Å²) in [5, 5.41) is 8.69. The first-order valence-corrected chi connectivity index (χ1v) is 6.50. The van der Waals surface area contributed by atoms with Gasteiger partial charge in [0.1, 0.15) is 0 Å². The van der Waals surface area contributed by atoms with E-state index in [0.29, 0.717) is 11.5 Å². The Labute approximate surface area is 108 Å². The number of ether oxygens (including phenoxy) is 2. The predicted octanol–water partition coefficient (Wildman–Crippen LogP) is 3.78. The molecule has 1 aromatic rings. The molecule has 1 saturated carbocycles. The van der Waals surface area contributed by atoms with Crippen molar-refractivity contribution in [3.8, 4) is 17.8 Å². The van der Waals surface area contributed by atoms with Gasteiger partial charge in [0, 0.05) is 0 Å². The fourth-order valence-corrected chi connectivity index (χ4v) is 3.03. The van der Waals surface area contributed by atoms with Crippen molar-refractivity contribution >= 4 is 0 Å². The summed E-state index contributed by atoms with van der Waals surface area (Å²) in [6.45, 7) is 2.24. The highest BCUT2D eigenvalue weighted by molar-refractivity contribution is 5.46. The molecule has 3 nitrogen and oxygen atoms in total.